The molecular weight excluding hydrogens is 195 g/mol. The molecule has 0 amide bonds. The normalized spacial score (nSPS) is 26.8. The van der Waals surface area contributed by atoms with Gasteiger partial charge in [-0.05, 0) is 12.8 Å². The first kappa shape index (κ1) is 10.5. The lowest BCUT2D eigenvalue weighted by molar-refractivity contribution is 0.187. The minimum absolute atomic E-state index is 0.00801. The molecule has 2 atom stereocenters. The van der Waals surface area contributed by atoms with E-state index in [2.05, 4.69) is 15.6 Å². The summed E-state index contributed by atoms with van der Waals surface area (Å²) in [4.78, 5) is 0. The van der Waals surface area contributed by atoms with Gasteiger partial charge in [0.15, 0.2) is 0 Å². The topological polar surface area (TPSA) is 42.7 Å². The summed E-state index contributed by atoms with van der Waals surface area (Å²) >= 11 is 0. The van der Waals surface area contributed by atoms with Gasteiger partial charge in [-0.25, -0.2) is 4.39 Å². The number of alkyl halides is 1. The number of nitrogens with zero attached hydrogens (tertiary/aromatic N) is 3. The maximum absolute atomic E-state index is 13.5. The van der Waals surface area contributed by atoms with E-state index < -0.39 is 6.17 Å². The van der Waals surface area contributed by atoms with Crippen LogP contribution in [0.4, 0.5) is 4.39 Å². The van der Waals surface area contributed by atoms with Gasteiger partial charge >= 0.3 is 0 Å². The van der Waals surface area contributed by atoms with E-state index in [1.165, 1.54) is 0 Å². The Morgan fingerprint density at radius 2 is 2.33 bits per heavy atom. The fourth-order valence-electron chi connectivity index (χ4n) is 2.02. The second-order valence-corrected chi connectivity index (χ2v) is 4.14. The highest BCUT2D eigenvalue weighted by Gasteiger charge is 2.24. The van der Waals surface area contributed by atoms with Crippen LogP contribution in [-0.2, 0) is 13.6 Å². The van der Waals surface area contributed by atoms with Crippen LogP contribution < -0.4 is 5.32 Å². The Kier molecular flexibility index (Phi) is 3.30. The van der Waals surface area contributed by atoms with Crippen LogP contribution in [0.25, 0.3) is 0 Å². The summed E-state index contributed by atoms with van der Waals surface area (Å²) in [6.45, 7) is 0.647. The van der Waals surface area contributed by atoms with E-state index in [0.717, 1.165) is 25.0 Å². The lowest BCUT2D eigenvalue weighted by Gasteiger charge is -2.26. The number of hydrogen-bond acceptors (Lipinski definition) is 3. The Balaban J connectivity index is 1.84. The molecule has 15 heavy (non-hydrogen) atoms. The van der Waals surface area contributed by atoms with Crippen molar-refractivity contribution in [2.75, 3.05) is 0 Å². The number of aromatic nitrogens is 3. The minimum atomic E-state index is -0.695. The van der Waals surface area contributed by atoms with Crippen LogP contribution in [0.2, 0.25) is 0 Å². The van der Waals surface area contributed by atoms with Crippen LogP contribution in [0.15, 0.2) is 6.20 Å². The third-order valence-electron chi connectivity index (χ3n) is 3.04. The highest BCUT2D eigenvalue weighted by Crippen LogP contribution is 2.21. The number of nitrogens with one attached hydrogen (secondary N) is 1. The lowest BCUT2D eigenvalue weighted by atomic mass is 9.93. The van der Waals surface area contributed by atoms with Gasteiger partial charge < -0.3 is 5.32 Å². The highest BCUT2D eigenvalue weighted by molar-refractivity contribution is 4.94. The lowest BCUT2D eigenvalue weighted by Crippen LogP contribution is -2.39. The first-order valence-corrected chi connectivity index (χ1v) is 5.48. The van der Waals surface area contributed by atoms with Crippen LogP contribution in [0.3, 0.4) is 0 Å². The van der Waals surface area contributed by atoms with Crippen molar-refractivity contribution in [2.24, 2.45) is 7.05 Å². The summed E-state index contributed by atoms with van der Waals surface area (Å²) in [6, 6.07) is 0.00801. The Morgan fingerprint density at radius 3 is 3.00 bits per heavy atom. The van der Waals surface area contributed by atoms with Crippen LogP contribution in [0.1, 0.15) is 31.4 Å². The fraction of sp³-hybridized carbons (Fsp3) is 0.800. The van der Waals surface area contributed by atoms with Gasteiger partial charge in [0, 0.05) is 19.6 Å². The zero-order valence-corrected chi connectivity index (χ0v) is 8.99. The van der Waals surface area contributed by atoms with Crippen molar-refractivity contribution < 1.29 is 4.39 Å². The molecule has 0 bridgehead atoms. The molecule has 1 aliphatic rings. The predicted molar refractivity (Wildman–Crippen MR) is 55.0 cm³/mol. The fourth-order valence-corrected chi connectivity index (χ4v) is 2.02. The van der Waals surface area contributed by atoms with E-state index in [1.807, 2.05) is 7.05 Å². The van der Waals surface area contributed by atoms with E-state index in [-0.39, 0.29) is 6.04 Å². The average Bonchev–Trinajstić information content (AvgIpc) is 2.63. The molecule has 1 aromatic rings. The zero-order valence-electron chi connectivity index (χ0n) is 8.99. The largest absolute Gasteiger partial charge is 0.305 e. The van der Waals surface area contributed by atoms with Crippen molar-refractivity contribution >= 4 is 0 Å². The van der Waals surface area contributed by atoms with E-state index in [4.69, 9.17) is 0 Å². The van der Waals surface area contributed by atoms with Crippen molar-refractivity contribution in [3.05, 3.63) is 11.9 Å². The summed E-state index contributed by atoms with van der Waals surface area (Å²) in [5.41, 5.74) is 0.993. The van der Waals surface area contributed by atoms with Gasteiger partial charge in [0.25, 0.3) is 0 Å². The van der Waals surface area contributed by atoms with Gasteiger partial charge in [-0.1, -0.05) is 18.1 Å². The molecule has 1 saturated carbocycles. The highest BCUT2D eigenvalue weighted by atomic mass is 19.1. The smallest absolute Gasteiger partial charge is 0.115 e. The molecule has 4 nitrogen and oxygen atoms in total. The molecule has 5 heteroatoms. The zero-order chi connectivity index (χ0) is 10.7. The quantitative estimate of drug-likeness (QED) is 0.818. The SMILES string of the molecule is Cn1nncc1CN[C@@H]1CCCC[C@H]1F. The van der Waals surface area contributed by atoms with Crippen LogP contribution >= 0.6 is 0 Å². The molecule has 1 aliphatic carbocycles. The molecule has 0 unspecified atom stereocenters. The molecule has 1 heterocycles. The summed E-state index contributed by atoms with van der Waals surface area (Å²) in [5.74, 6) is 0. The average molecular weight is 212 g/mol. The summed E-state index contributed by atoms with van der Waals surface area (Å²) < 4.78 is 15.2. The number of aryl methyl sites for hydroxylation is 1. The third kappa shape index (κ3) is 2.53. The molecule has 0 spiro atoms. The molecule has 0 saturated heterocycles. The van der Waals surface area contributed by atoms with E-state index in [0.29, 0.717) is 13.0 Å². The second kappa shape index (κ2) is 4.70. The third-order valence-corrected chi connectivity index (χ3v) is 3.04. The molecule has 2 rings (SSSR count). The minimum Gasteiger partial charge on any atom is -0.305 e. The van der Waals surface area contributed by atoms with Gasteiger partial charge in [-0.2, -0.15) is 0 Å². The van der Waals surface area contributed by atoms with E-state index >= 15 is 0 Å². The van der Waals surface area contributed by atoms with Gasteiger partial charge in [0.05, 0.1) is 11.9 Å². The standard InChI is InChI=1S/C10H17FN4/c1-15-8(7-13-14-15)6-12-10-5-3-2-4-9(10)11/h7,9-10,12H,2-6H2,1H3/t9-,10-/m1/s1. The van der Waals surface area contributed by atoms with Crippen molar-refractivity contribution in [1.82, 2.24) is 20.3 Å². The van der Waals surface area contributed by atoms with Crippen molar-refractivity contribution in [3.63, 3.8) is 0 Å². The molecule has 0 aromatic carbocycles. The van der Waals surface area contributed by atoms with Crippen LogP contribution in [-0.4, -0.2) is 27.2 Å². The van der Waals surface area contributed by atoms with Gasteiger partial charge in [0.1, 0.15) is 6.17 Å². The molecule has 1 aromatic heterocycles. The second-order valence-electron chi connectivity index (χ2n) is 4.14. The van der Waals surface area contributed by atoms with E-state index in [9.17, 15) is 4.39 Å². The van der Waals surface area contributed by atoms with Crippen molar-refractivity contribution in [2.45, 2.75) is 44.4 Å². The summed E-state index contributed by atoms with van der Waals surface area (Å²) in [7, 11) is 1.85. The molecule has 0 radical (unpaired) electrons. The van der Waals surface area contributed by atoms with Crippen molar-refractivity contribution in [3.8, 4) is 0 Å². The van der Waals surface area contributed by atoms with E-state index in [1.54, 1.807) is 10.9 Å². The Morgan fingerprint density at radius 1 is 1.53 bits per heavy atom. The van der Waals surface area contributed by atoms with Gasteiger partial charge in [-0.3, -0.25) is 4.68 Å². The first-order valence-electron chi connectivity index (χ1n) is 5.48. The van der Waals surface area contributed by atoms with Gasteiger partial charge in [-0.15, -0.1) is 5.10 Å². The predicted octanol–water partition coefficient (Wildman–Crippen LogP) is 1.19. The summed E-state index contributed by atoms with van der Waals surface area (Å²) in [5, 5.41) is 10.9. The van der Waals surface area contributed by atoms with Gasteiger partial charge in [0.2, 0.25) is 0 Å². The summed E-state index contributed by atoms with van der Waals surface area (Å²) in [6.07, 6.45) is 4.80. The maximum atomic E-state index is 13.5. The molecular formula is C10H17FN4. The number of rotatable bonds is 3. The maximum Gasteiger partial charge on any atom is 0.115 e. The first-order chi connectivity index (χ1) is 7.27. The Labute approximate surface area is 88.9 Å². The Hall–Kier alpha value is -0.970. The molecule has 1 N–H and O–H groups in total. The number of halogens is 1. The van der Waals surface area contributed by atoms with Crippen molar-refractivity contribution in [1.29, 1.82) is 0 Å². The Bertz CT molecular complexity index is 312. The number of hydrogen-bond donors (Lipinski definition) is 1. The van der Waals surface area contributed by atoms with Crippen LogP contribution in [0, 0.1) is 0 Å². The molecule has 0 aliphatic heterocycles. The monoisotopic (exact) mass is 212 g/mol. The molecule has 1 fully saturated rings. The molecule has 84 valence electrons. The van der Waals surface area contributed by atoms with Crippen LogP contribution in [0.5, 0.6) is 0 Å².